The van der Waals surface area contributed by atoms with Gasteiger partial charge in [-0.1, -0.05) is 29.8 Å². The molecular weight excluding hydrogens is 324 g/mol. The molecule has 128 valence electrons. The lowest BCUT2D eigenvalue weighted by Gasteiger charge is -2.04. The third kappa shape index (κ3) is 5.16. The number of thioether (sulfide) groups is 1. The number of esters is 1. The van der Waals surface area contributed by atoms with E-state index in [1.165, 1.54) is 11.1 Å². The van der Waals surface area contributed by atoms with Crippen molar-refractivity contribution >= 4 is 29.3 Å². The average Bonchev–Trinajstić information content (AvgIpc) is 2.90. The molecule has 0 atom stereocenters. The zero-order valence-corrected chi connectivity index (χ0v) is 15.0. The Morgan fingerprint density at radius 3 is 2.62 bits per heavy atom. The normalized spacial score (nSPS) is 10.5. The van der Waals surface area contributed by atoms with Crippen LogP contribution >= 0.6 is 11.8 Å². The van der Waals surface area contributed by atoms with Crippen molar-refractivity contribution in [3.05, 3.63) is 53.3 Å². The topological polar surface area (TPSA) is 60.3 Å². The second-order valence-electron chi connectivity index (χ2n) is 5.47. The first kappa shape index (κ1) is 18.1. The first-order valence-electron chi connectivity index (χ1n) is 7.76. The van der Waals surface area contributed by atoms with E-state index in [2.05, 4.69) is 36.5 Å². The van der Waals surface area contributed by atoms with Crippen LogP contribution in [0.2, 0.25) is 0 Å². The van der Waals surface area contributed by atoms with E-state index in [4.69, 9.17) is 4.74 Å². The van der Waals surface area contributed by atoms with Gasteiger partial charge < -0.3 is 14.6 Å². The maximum atomic E-state index is 12.0. The molecule has 0 saturated heterocycles. The minimum atomic E-state index is -0.394. The number of hydrogen-bond acceptors (Lipinski definition) is 4. The molecule has 0 spiro atoms. The number of anilines is 1. The van der Waals surface area contributed by atoms with Crippen LogP contribution in [0.4, 0.5) is 5.69 Å². The molecule has 0 fully saturated rings. The molecule has 1 aromatic carbocycles. The van der Waals surface area contributed by atoms with Gasteiger partial charge in [0.25, 0.3) is 0 Å². The zero-order chi connectivity index (χ0) is 17.5. The van der Waals surface area contributed by atoms with Crippen LogP contribution in [0, 0.1) is 6.92 Å². The number of ether oxygens (including phenoxy) is 1. The van der Waals surface area contributed by atoms with Crippen LogP contribution in [0.1, 0.15) is 28.5 Å². The first-order chi connectivity index (χ1) is 11.5. The van der Waals surface area contributed by atoms with E-state index in [1.54, 1.807) is 42.6 Å². The van der Waals surface area contributed by atoms with E-state index in [-0.39, 0.29) is 5.91 Å². The summed E-state index contributed by atoms with van der Waals surface area (Å²) >= 11 is 1.55. The highest BCUT2D eigenvalue weighted by Gasteiger charge is 2.14. The van der Waals surface area contributed by atoms with Crippen molar-refractivity contribution in [2.75, 3.05) is 17.7 Å². The summed E-state index contributed by atoms with van der Waals surface area (Å²) in [7, 11) is 1.74. The van der Waals surface area contributed by atoms with Crippen LogP contribution in [-0.2, 0) is 22.3 Å². The second kappa shape index (κ2) is 8.59. The Morgan fingerprint density at radius 1 is 1.25 bits per heavy atom. The Hall–Kier alpha value is -2.21. The molecule has 6 heteroatoms. The molecule has 0 bridgehead atoms. The highest BCUT2D eigenvalue weighted by Crippen LogP contribution is 2.16. The van der Waals surface area contributed by atoms with Gasteiger partial charge in [-0.25, -0.2) is 4.79 Å². The van der Waals surface area contributed by atoms with Gasteiger partial charge >= 0.3 is 5.97 Å². The average molecular weight is 346 g/mol. The molecule has 0 radical (unpaired) electrons. The molecule has 1 aromatic heterocycles. The van der Waals surface area contributed by atoms with Crippen molar-refractivity contribution in [1.29, 1.82) is 0 Å². The lowest BCUT2D eigenvalue weighted by molar-refractivity contribution is -0.113. The number of aromatic nitrogens is 1. The van der Waals surface area contributed by atoms with Crippen molar-refractivity contribution < 1.29 is 14.3 Å². The predicted molar refractivity (Wildman–Crippen MR) is 97.3 cm³/mol. The molecule has 24 heavy (non-hydrogen) atoms. The molecule has 1 N–H and O–H groups in total. The molecule has 0 aliphatic heterocycles. The Morgan fingerprint density at radius 2 is 1.96 bits per heavy atom. The monoisotopic (exact) mass is 346 g/mol. The SMILES string of the molecule is CCOC(=O)c1cc(NC(=O)CSCc2ccc(C)cc2)cn1C. The lowest BCUT2D eigenvalue weighted by Crippen LogP contribution is -2.13. The highest BCUT2D eigenvalue weighted by atomic mass is 32.2. The zero-order valence-electron chi connectivity index (χ0n) is 14.2. The Bertz CT molecular complexity index is 708. The number of nitrogens with one attached hydrogen (secondary N) is 1. The number of hydrogen-bond donors (Lipinski definition) is 1. The van der Waals surface area contributed by atoms with Gasteiger partial charge in [-0.2, -0.15) is 0 Å². The fourth-order valence-electron chi connectivity index (χ4n) is 2.18. The highest BCUT2D eigenvalue weighted by molar-refractivity contribution is 7.99. The van der Waals surface area contributed by atoms with Crippen LogP contribution < -0.4 is 5.32 Å². The molecular formula is C18H22N2O3S. The molecule has 1 heterocycles. The number of carbonyl (C=O) groups is 2. The number of benzene rings is 1. The summed E-state index contributed by atoms with van der Waals surface area (Å²) in [6.07, 6.45) is 1.70. The Kier molecular flexibility index (Phi) is 6.49. The standard InChI is InChI=1S/C18H22N2O3S/c1-4-23-18(22)16-9-15(10-20(16)3)19-17(21)12-24-11-14-7-5-13(2)6-8-14/h5-10H,4,11-12H2,1-3H3,(H,19,21). The number of amides is 1. The van der Waals surface area contributed by atoms with Crippen molar-refractivity contribution in [2.45, 2.75) is 19.6 Å². The van der Waals surface area contributed by atoms with Crippen LogP contribution in [0.5, 0.6) is 0 Å². The maximum absolute atomic E-state index is 12.0. The van der Waals surface area contributed by atoms with Crippen molar-refractivity contribution in [1.82, 2.24) is 4.57 Å². The summed E-state index contributed by atoms with van der Waals surface area (Å²) in [5.74, 6) is 0.663. The van der Waals surface area contributed by atoms with Crippen molar-refractivity contribution in [3.63, 3.8) is 0 Å². The van der Waals surface area contributed by atoms with Gasteiger partial charge in [0.05, 0.1) is 18.0 Å². The molecule has 2 rings (SSSR count). The largest absolute Gasteiger partial charge is 0.461 e. The molecule has 2 aromatic rings. The quantitative estimate of drug-likeness (QED) is 0.781. The maximum Gasteiger partial charge on any atom is 0.355 e. The molecule has 0 unspecified atom stereocenters. The van der Waals surface area contributed by atoms with E-state index in [0.717, 1.165) is 5.75 Å². The molecule has 0 aliphatic rings. The molecule has 0 aliphatic carbocycles. The number of nitrogens with zero attached hydrogens (tertiary/aromatic N) is 1. The smallest absolute Gasteiger partial charge is 0.355 e. The minimum Gasteiger partial charge on any atom is -0.461 e. The van der Waals surface area contributed by atoms with Gasteiger partial charge in [-0.3, -0.25) is 4.79 Å². The predicted octanol–water partition coefficient (Wildman–Crippen LogP) is 3.38. The number of carbonyl (C=O) groups excluding carboxylic acids is 2. The summed E-state index contributed by atoms with van der Waals surface area (Å²) in [6.45, 7) is 4.13. The summed E-state index contributed by atoms with van der Waals surface area (Å²) in [4.78, 5) is 23.8. The van der Waals surface area contributed by atoms with Gasteiger partial charge in [-0.05, 0) is 25.5 Å². The fourth-order valence-corrected chi connectivity index (χ4v) is 2.97. The van der Waals surface area contributed by atoms with Gasteiger partial charge in [0.2, 0.25) is 5.91 Å². The number of rotatable bonds is 7. The van der Waals surface area contributed by atoms with Crippen molar-refractivity contribution in [2.24, 2.45) is 7.05 Å². The van der Waals surface area contributed by atoms with E-state index >= 15 is 0 Å². The third-order valence-electron chi connectivity index (χ3n) is 3.40. The van der Waals surface area contributed by atoms with E-state index in [1.807, 2.05) is 0 Å². The van der Waals surface area contributed by atoms with Crippen LogP contribution in [0.15, 0.2) is 36.5 Å². The van der Waals surface area contributed by atoms with E-state index < -0.39 is 5.97 Å². The van der Waals surface area contributed by atoms with E-state index in [0.29, 0.717) is 23.7 Å². The molecule has 0 saturated carbocycles. The first-order valence-corrected chi connectivity index (χ1v) is 8.91. The minimum absolute atomic E-state index is 0.0897. The van der Waals surface area contributed by atoms with Gasteiger partial charge in [-0.15, -0.1) is 11.8 Å². The summed E-state index contributed by atoms with van der Waals surface area (Å²) in [5.41, 5.74) is 3.44. The lowest BCUT2D eigenvalue weighted by atomic mass is 10.2. The van der Waals surface area contributed by atoms with Crippen LogP contribution in [0.3, 0.4) is 0 Å². The van der Waals surface area contributed by atoms with Gasteiger partial charge in [0.15, 0.2) is 0 Å². The third-order valence-corrected chi connectivity index (χ3v) is 4.40. The fraction of sp³-hybridized carbons (Fsp3) is 0.333. The van der Waals surface area contributed by atoms with Crippen LogP contribution in [0.25, 0.3) is 0 Å². The summed E-state index contributed by atoms with van der Waals surface area (Å²) in [5, 5.41) is 2.81. The molecule has 1 amide bonds. The van der Waals surface area contributed by atoms with Crippen LogP contribution in [-0.4, -0.2) is 28.8 Å². The van der Waals surface area contributed by atoms with Gasteiger partial charge in [0, 0.05) is 19.0 Å². The Labute approximate surface area is 146 Å². The second-order valence-corrected chi connectivity index (χ2v) is 6.46. The number of aryl methyl sites for hydroxylation is 2. The Balaban J connectivity index is 1.83. The van der Waals surface area contributed by atoms with E-state index in [9.17, 15) is 9.59 Å². The molecule has 5 nitrogen and oxygen atoms in total. The summed E-state index contributed by atoms with van der Waals surface area (Å²) < 4.78 is 6.62. The van der Waals surface area contributed by atoms with Gasteiger partial charge in [0.1, 0.15) is 5.69 Å². The van der Waals surface area contributed by atoms with Crippen molar-refractivity contribution in [3.8, 4) is 0 Å². The summed E-state index contributed by atoms with van der Waals surface area (Å²) in [6, 6.07) is 9.90.